The van der Waals surface area contributed by atoms with Gasteiger partial charge in [-0.2, -0.15) is 0 Å². The minimum atomic E-state index is -0.416. The first-order chi connectivity index (χ1) is 8.67. The van der Waals surface area contributed by atoms with Gasteiger partial charge in [-0.1, -0.05) is 29.7 Å². The van der Waals surface area contributed by atoms with Gasteiger partial charge in [-0.3, -0.25) is 0 Å². The maximum absolute atomic E-state index is 9.92. The normalized spacial score (nSPS) is 31.9. The molecule has 2 aliphatic carbocycles. The molecule has 0 bridgehead atoms. The number of hydrogen-bond donors (Lipinski definition) is 1. The van der Waals surface area contributed by atoms with Crippen molar-refractivity contribution >= 4 is 11.6 Å². The molecule has 1 unspecified atom stereocenters. The van der Waals surface area contributed by atoms with Crippen LogP contribution in [0, 0.1) is 11.3 Å². The number of aliphatic hydroxyl groups excluding tert-OH is 1. The Kier molecular flexibility index (Phi) is 4.49. The summed E-state index contributed by atoms with van der Waals surface area (Å²) in [4.78, 5) is 0. The molecule has 18 heavy (non-hydrogen) atoms. The minimum Gasteiger partial charge on any atom is -0.395 e. The molecule has 2 atom stereocenters. The van der Waals surface area contributed by atoms with Crippen molar-refractivity contribution in [1.29, 1.82) is 0 Å². The van der Waals surface area contributed by atoms with Crippen LogP contribution in [-0.2, 0) is 9.47 Å². The fourth-order valence-electron chi connectivity index (χ4n) is 3.41. The molecule has 4 heteroatoms. The predicted octanol–water partition coefficient (Wildman–Crippen LogP) is 2.84. The zero-order valence-corrected chi connectivity index (χ0v) is 11.7. The highest BCUT2D eigenvalue weighted by atomic mass is 35.5. The fourth-order valence-corrected chi connectivity index (χ4v) is 3.66. The number of aliphatic hydroxyl groups is 1. The molecule has 3 nitrogen and oxygen atoms in total. The summed E-state index contributed by atoms with van der Waals surface area (Å²) in [5.41, 5.74) is 0.815. The van der Waals surface area contributed by atoms with Gasteiger partial charge in [0.2, 0.25) is 0 Å². The van der Waals surface area contributed by atoms with Crippen molar-refractivity contribution in [2.75, 3.05) is 20.8 Å². The van der Waals surface area contributed by atoms with E-state index in [1.165, 1.54) is 5.57 Å². The Balaban J connectivity index is 2.39. The first kappa shape index (κ1) is 14.1. The first-order valence-electron chi connectivity index (χ1n) is 6.41. The Hall–Kier alpha value is -0.350. The largest absolute Gasteiger partial charge is 0.395 e. The lowest BCUT2D eigenvalue weighted by Gasteiger charge is -2.46. The summed E-state index contributed by atoms with van der Waals surface area (Å²) in [5, 5.41) is 10.8. The molecule has 0 aromatic rings. The fraction of sp³-hybridized carbons (Fsp3) is 0.714. The maximum Gasteiger partial charge on any atom is 0.168 e. The standard InChI is InChI=1S/C14H21ClO3/c1-17-13(18-2)14(9-16)7-3-4-10-8-11(15)5-6-12(10)14/h5-6,10,13,16H,3-4,7-9H2,1-2H3/t10?,14-/m1/s1. The van der Waals surface area contributed by atoms with Crippen LogP contribution in [0.2, 0.25) is 0 Å². The van der Waals surface area contributed by atoms with Gasteiger partial charge in [0.1, 0.15) is 0 Å². The van der Waals surface area contributed by atoms with Crippen LogP contribution in [-0.4, -0.2) is 32.2 Å². The smallest absolute Gasteiger partial charge is 0.168 e. The Morgan fingerprint density at radius 2 is 2.17 bits per heavy atom. The Morgan fingerprint density at radius 3 is 2.78 bits per heavy atom. The number of methoxy groups -OCH3 is 2. The lowest BCUT2D eigenvalue weighted by atomic mass is 9.63. The number of halogens is 1. The molecule has 102 valence electrons. The third-order valence-electron chi connectivity index (χ3n) is 4.24. The Morgan fingerprint density at radius 1 is 1.44 bits per heavy atom. The average Bonchev–Trinajstić information content (AvgIpc) is 2.39. The summed E-state index contributed by atoms with van der Waals surface area (Å²) in [7, 11) is 3.25. The number of hydrogen-bond acceptors (Lipinski definition) is 3. The molecule has 0 aliphatic heterocycles. The molecule has 0 heterocycles. The highest BCUT2D eigenvalue weighted by molar-refractivity contribution is 6.29. The molecule has 2 rings (SSSR count). The van der Waals surface area contributed by atoms with Crippen molar-refractivity contribution in [2.24, 2.45) is 11.3 Å². The first-order valence-corrected chi connectivity index (χ1v) is 6.79. The van der Waals surface area contributed by atoms with Crippen molar-refractivity contribution < 1.29 is 14.6 Å². The Bertz CT molecular complexity index is 360. The average molecular weight is 273 g/mol. The van der Waals surface area contributed by atoms with Crippen molar-refractivity contribution in [1.82, 2.24) is 0 Å². The van der Waals surface area contributed by atoms with Crippen LogP contribution >= 0.6 is 11.6 Å². The zero-order valence-electron chi connectivity index (χ0n) is 11.0. The quantitative estimate of drug-likeness (QED) is 0.800. The summed E-state index contributed by atoms with van der Waals surface area (Å²) < 4.78 is 10.9. The highest BCUT2D eigenvalue weighted by Gasteiger charge is 2.47. The van der Waals surface area contributed by atoms with Crippen LogP contribution in [0.1, 0.15) is 25.7 Å². The van der Waals surface area contributed by atoms with E-state index in [1.54, 1.807) is 14.2 Å². The summed E-state index contributed by atoms with van der Waals surface area (Å²) in [6.07, 6.45) is 7.54. The summed E-state index contributed by atoms with van der Waals surface area (Å²) in [6, 6.07) is 0. The topological polar surface area (TPSA) is 38.7 Å². The van der Waals surface area contributed by atoms with Gasteiger partial charge in [0.15, 0.2) is 6.29 Å². The molecule has 2 aliphatic rings. The van der Waals surface area contributed by atoms with Gasteiger partial charge < -0.3 is 14.6 Å². The van der Waals surface area contributed by atoms with Crippen LogP contribution < -0.4 is 0 Å². The second-order valence-corrected chi connectivity index (χ2v) is 5.63. The van der Waals surface area contributed by atoms with Crippen molar-refractivity contribution in [3.05, 3.63) is 22.8 Å². The van der Waals surface area contributed by atoms with E-state index < -0.39 is 11.7 Å². The molecular formula is C14H21ClO3. The molecule has 1 N–H and O–H groups in total. The minimum absolute atomic E-state index is 0.0487. The summed E-state index contributed by atoms with van der Waals surface area (Å²) in [5.74, 6) is 0.413. The third kappa shape index (κ3) is 2.25. The zero-order chi connectivity index (χ0) is 13.2. The van der Waals surface area contributed by atoms with Crippen molar-refractivity contribution in [2.45, 2.75) is 32.0 Å². The van der Waals surface area contributed by atoms with E-state index in [-0.39, 0.29) is 6.61 Å². The second kappa shape index (κ2) is 5.74. The maximum atomic E-state index is 9.92. The van der Waals surface area contributed by atoms with Gasteiger partial charge in [-0.25, -0.2) is 0 Å². The molecule has 1 fully saturated rings. The molecule has 0 aromatic heterocycles. The van der Waals surface area contributed by atoms with E-state index in [0.717, 1.165) is 30.7 Å². The Labute approximate surface area is 113 Å². The van der Waals surface area contributed by atoms with Gasteiger partial charge in [0.25, 0.3) is 0 Å². The number of allylic oxidation sites excluding steroid dienone is 3. The van der Waals surface area contributed by atoms with E-state index in [4.69, 9.17) is 21.1 Å². The van der Waals surface area contributed by atoms with Crippen molar-refractivity contribution in [3.8, 4) is 0 Å². The lowest BCUT2D eigenvalue weighted by Crippen LogP contribution is -2.47. The van der Waals surface area contributed by atoms with E-state index in [9.17, 15) is 5.11 Å². The molecule has 0 spiro atoms. The van der Waals surface area contributed by atoms with E-state index in [0.29, 0.717) is 5.92 Å². The van der Waals surface area contributed by atoms with Crippen molar-refractivity contribution in [3.63, 3.8) is 0 Å². The monoisotopic (exact) mass is 272 g/mol. The number of ether oxygens (including phenoxy) is 2. The van der Waals surface area contributed by atoms with Gasteiger partial charge in [0, 0.05) is 19.3 Å². The summed E-state index contributed by atoms with van der Waals surface area (Å²) in [6.45, 7) is 0.0487. The highest BCUT2D eigenvalue weighted by Crippen LogP contribution is 2.50. The number of fused-ring (bicyclic) bond motifs is 1. The SMILES string of the molecule is COC(OC)[C@@]1(CO)CCCC2CC(Cl)=CC=C21. The van der Waals surface area contributed by atoms with Gasteiger partial charge in [-0.15, -0.1) is 0 Å². The molecular weight excluding hydrogens is 252 g/mol. The molecule has 0 amide bonds. The van der Waals surface area contributed by atoms with Crippen LogP contribution in [0.25, 0.3) is 0 Å². The van der Waals surface area contributed by atoms with Crippen LogP contribution in [0.15, 0.2) is 22.8 Å². The molecule has 0 aromatic carbocycles. The molecule has 1 saturated carbocycles. The lowest BCUT2D eigenvalue weighted by molar-refractivity contribution is -0.186. The summed E-state index contributed by atoms with van der Waals surface area (Å²) >= 11 is 6.11. The van der Waals surface area contributed by atoms with Gasteiger partial charge in [-0.05, 0) is 31.3 Å². The van der Waals surface area contributed by atoms with E-state index in [1.807, 2.05) is 6.08 Å². The van der Waals surface area contributed by atoms with Crippen LogP contribution in [0.4, 0.5) is 0 Å². The van der Waals surface area contributed by atoms with Crippen LogP contribution in [0.5, 0.6) is 0 Å². The van der Waals surface area contributed by atoms with E-state index >= 15 is 0 Å². The third-order valence-corrected chi connectivity index (χ3v) is 4.52. The second-order valence-electron chi connectivity index (χ2n) is 5.15. The van der Waals surface area contributed by atoms with E-state index in [2.05, 4.69) is 6.08 Å². The predicted molar refractivity (Wildman–Crippen MR) is 71.3 cm³/mol. The van der Waals surface area contributed by atoms with Gasteiger partial charge in [0.05, 0.1) is 12.0 Å². The molecule has 0 saturated heterocycles. The van der Waals surface area contributed by atoms with Crippen LogP contribution in [0.3, 0.4) is 0 Å². The molecule has 0 radical (unpaired) electrons. The van der Waals surface area contributed by atoms with Gasteiger partial charge >= 0.3 is 0 Å². The number of rotatable bonds is 4.